The van der Waals surface area contributed by atoms with Crippen LogP contribution in [0, 0.1) is 5.92 Å². The highest BCUT2D eigenvalue weighted by Gasteiger charge is 1.97. The number of hydrogen-bond acceptors (Lipinski definition) is 1. The highest BCUT2D eigenvalue weighted by atomic mass is 16.5. The van der Waals surface area contributed by atoms with Gasteiger partial charge < -0.3 is 4.74 Å². The first kappa shape index (κ1) is 14.1. The second-order valence-corrected chi connectivity index (χ2v) is 5.13. The van der Waals surface area contributed by atoms with Gasteiger partial charge in [-0.15, -0.1) is 0 Å². The zero-order chi connectivity index (χ0) is 12.5. The van der Waals surface area contributed by atoms with Gasteiger partial charge in [0.1, 0.15) is 5.75 Å². The topological polar surface area (TPSA) is 9.23 Å². The average Bonchev–Trinajstić information content (AvgIpc) is 2.33. The zero-order valence-corrected chi connectivity index (χ0v) is 11.5. The maximum Gasteiger partial charge on any atom is 0.119 e. The summed E-state index contributed by atoms with van der Waals surface area (Å²) in [5.74, 6) is 1.78. The second kappa shape index (κ2) is 8.16. The van der Waals surface area contributed by atoms with Crippen LogP contribution >= 0.6 is 0 Å². The summed E-state index contributed by atoms with van der Waals surface area (Å²) < 4.78 is 5.72. The van der Waals surface area contributed by atoms with Crippen molar-refractivity contribution in [3.05, 3.63) is 29.8 Å². The molecular formula is C16H26O. The molecule has 1 aromatic rings. The fourth-order valence-corrected chi connectivity index (χ4v) is 1.81. The predicted molar refractivity (Wildman–Crippen MR) is 74.6 cm³/mol. The number of benzene rings is 1. The Hall–Kier alpha value is -0.980. The Labute approximate surface area is 106 Å². The number of rotatable bonds is 8. The van der Waals surface area contributed by atoms with Crippen LogP contribution in [0.2, 0.25) is 0 Å². The van der Waals surface area contributed by atoms with Gasteiger partial charge in [0, 0.05) is 0 Å². The fraction of sp³-hybridized carbons (Fsp3) is 0.625. The Morgan fingerprint density at radius 1 is 1.06 bits per heavy atom. The quantitative estimate of drug-likeness (QED) is 0.585. The van der Waals surface area contributed by atoms with Gasteiger partial charge in [-0.3, -0.25) is 0 Å². The number of ether oxygens (including phenoxy) is 1. The molecule has 0 heterocycles. The van der Waals surface area contributed by atoms with Crippen LogP contribution in [-0.4, -0.2) is 6.61 Å². The second-order valence-electron chi connectivity index (χ2n) is 5.13. The van der Waals surface area contributed by atoms with E-state index in [2.05, 4.69) is 45.0 Å². The summed E-state index contributed by atoms with van der Waals surface area (Å²) in [6.45, 7) is 7.57. The predicted octanol–water partition coefficient (Wildman–Crippen LogP) is 4.84. The monoisotopic (exact) mass is 234 g/mol. The van der Waals surface area contributed by atoms with E-state index >= 15 is 0 Å². The van der Waals surface area contributed by atoms with E-state index in [1.54, 1.807) is 0 Å². The summed E-state index contributed by atoms with van der Waals surface area (Å²) in [6, 6.07) is 8.57. The van der Waals surface area contributed by atoms with Gasteiger partial charge in [0.05, 0.1) is 6.61 Å². The lowest BCUT2D eigenvalue weighted by atomic mass is 10.1. The van der Waals surface area contributed by atoms with Crippen molar-refractivity contribution < 1.29 is 4.74 Å². The summed E-state index contributed by atoms with van der Waals surface area (Å²) in [5, 5.41) is 0. The van der Waals surface area contributed by atoms with E-state index in [-0.39, 0.29) is 0 Å². The SMILES string of the molecule is CCCCc1ccc(OCCCC(C)C)cc1. The van der Waals surface area contributed by atoms with Crippen molar-refractivity contribution in [2.24, 2.45) is 5.92 Å². The van der Waals surface area contributed by atoms with Gasteiger partial charge in [-0.2, -0.15) is 0 Å². The number of unbranched alkanes of at least 4 members (excludes halogenated alkanes) is 1. The number of aryl methyl sites for hydroxylation is 1. The third kappa shape index (κ3) is 6.35. The van der Waals surface area contributed by atoms with E-state index in [4.69, 9.17) is 4.74 Å². The van der Waals surface area contributed by atoms with E-state index in [0.29, 0.717) is 0 Å². The lowest BCUT2D eigenvalue weighted by molar-refractivity contribution is 0.297. The molecule has 0 aliphatic carbocycles. The van der Waals surface area contributed by atoms with E-state index < -0.39 is 0 Å². The van der Waals surface area contributed by atoms with Gasteiger partial charge >= 0.3 is 0 Å². The van der Waals surface area contributed by atoms with Crippen molar-refractivity contribution in [3.63, 3.8) is 0 Å². The fourth-order valence-electron chi connectivity index (χ4n) is 1.81. The molecule has 0 N–H and O–H groups in total. The Balaban J connectivity index is 2.25. The van der Waals surface area contributed by atoms with E-state index in [0.717, 1.165) is 24.7 Å². The van der Waals surface area contributed by atoms with Crippen LogP contribution in [0.3, 0.4) is 0 Å². The molecule has 0 aliphatic heterocycles. The molecule has 1 nitrogen and oxygen atoms in total. The minimum absolute atomic E-state index is 0.773. The normalized spacial score (nSPS) is 10.8. The van der Waals surface area contributed by atoms with Gasteiger partial charge in [0.15, 0.2) is 0 Å². The molecule has 0 saturated carbocycles. The molecule has 0 bridgehead atoms. The van der Waals surface area contributed by atoms with Gasteiger partial charge in [-0.1, -0.05) is 39.3 Å². The van der Waals surface area contributed by atoms with Crippen molar-refractivity contribution in [3.8, 4) is 5.75 Å². The maximum absolute atomic E-state index is 5.72. The van der Waals surface area contributed by atoms with E-state index in [1.807, 2.05) is 0 Å². The van der Waals surface area contributed by atoms with Crippen molar-refractivity contribution >= 4 is 0 Å². The van der Waals surface area contributed by atoms with Crippen LogP contribution in [0.15, 0.2) is 24.3 Å². The minimum atomic E-state index is 0.773. The highest BCUT2D eigenvalue weighted by molar-refractivity contribution is 5.27. The molecule has 0 aliphatic rings. The highest BCUT2D eigenvalue weighted by Crippen LogP contribution is 2.14. The molecule has 0 aromatic heterocycles. The Morgan fingerprint density at radius 2 is 1.76 bits per heavy atom. The Bertz CT molecular complexity index is 287. The average molecular weight is 234 g/mol. The number of hydrogen-bond donors (Lipinski definition) is 0. The molecule has 1 heteroatoms. The van der Waals surface area contributed by atoms with Crippen molar-refractivity contribution in [2.45, 2.75) is 52.9 Å². The standard InChI is InChI=1S/C16H26O/c1-4-5-8-15-9-11-16(12-10-15)17-13-6-7-14(2)3/h9-12,14H,4-8,13H2,1-3H3. The van der Waals surface area contributed by atoms with Gasteiger partial charge in [-0.25, -0.2) is 0 Å². The molecule has 0 atom stereocenters. The molecule has 1 rings (SSSR count). The first-order valence-electron chi connectivity index (χ1n) is 6.94. The lowest BCUT2D eigenvalue weighted by Crippen LogP contribution is -1.99. The van der Waals surface area contributed by atoms with Crippen LogP contribution < -0.4 is 4.74 Å². The molecule has 96 valence electrons. The van der Waals surface area contributed by atoms with Crippen molar-refractivity contribution in [1.29, 1.82) is 0 Å². The molecular weight excluding hydrogens is 208 g/mol. The molecule has 1 aromatic carbocycles. The van der Waals surface area contributed by atoms with Gasteiger partial charge in [-0.05, 0) is 49.3 Å². The zero-order valence-electron chi connectivity index (χ0n) is 11.5. The van der Waals surface area contributed by atoms with Crippen LogP contribution in [0.5, 0.6) is 5.75 Å². The summed E-state index contributed by atoms with van der Waals surface area (Å²) in [5.41, 5.74) is 1.42. The summed E-state index contributed by atoms with van der Waals surface area (Å²) in [6.07, 6.45) is 6.11. The van der Waals surface area contributed by atoms with Crippen molar-refractivity contribution in [2.75, 3.05) is 6.61 Å². The lowest BCUT2D eigenvalue weighted by Gasteiger charge is -2.08. The van der Waals surface area contributed by atoms with Crippen LogP contribution in [0.1, 0.15) is 52.0 Å². The Morgan fingerprint density at radius 3 is 2.35 bits per heavy atom. The largest absolute Gasteiger partial charge is 0.494 e. The molecule has 0 radical (unpaired) electrons. The van der Waals surface area contributed by atoms with Crippen molar-refractivity contribution in [1.82, 2.24) is 0 Å². The van der Waals surface area contributed by atoms with Crippen LogP contribution in [0.25, 0.3) is 0 Å². The van der Waals surface area contributed by atoms with E-state index in [1.165, 1.54) is 31.2 Å². The summed E-state index contributed by atoms with van der Waals surface area (Å²) in [7, 11) is 0. The van der Waals surface area contributed by atoms with Crippen LogP contribution in [0.4, 0.5) is 0 Å². The molecule has 17 heavy (non-hydrogen) atoms. The molecule has 0 amide bonds. The molecule has 0 saturated heterocycles. The third-order valence-electron chi connectivity index (χ3n) is 2.94. The first-order chi connectivity index (χ1) is 8.22. The van der Waals surface area contributed by atoms with Gasteiger partial charge in [0.2, 0.25) is 0 Å². The van der Waals surface area contributed by atoms with Crippen LogP contribution in [-0.2, 0) is 6.42 Å². The van der Waals surface area contributed by atoms with E-state index in [9.17, 15) is 0 Å². The molecule has 0 fully saturated rings. The maximum atomic E-state index is 5.72. The first-order valence-corrected chi connectivity index (χ1v) is 6.94. The van der Waals surface area contributed by atoms with Gasteiger partial charge in [0.25, 0.3) is 0 Å². The minimum Gasteiger partial charge on any atom is -0.494 e. The summed E-state index contributed by atoms with van der Waals surface area (Å²) in [4.78, 5) is 0. The third-order valence-corrected chi connectivity index (χ3v) is 2.94. The molecule has 0 spiro atoms. The smallest absolute Gasteiger partial charge is 0.119 e. The molecule has 0 unspecified atom stereocenters. The summed E-state index contributed by atoms with van der Waals surface area (Å²) >= 11 is 0. The Kier molecular flexibility index (Phi) is 6.76.